The lowest BCUT2D eigenvalue weighted by Crippen LogP contribution is -2.41. The Kier molecular flexibility index (Phi) is 11.3. The van der Waals surface area contributed by atoms with E-state index in [0.717, 1.165) is 23.2 Å². The van der Waals surface area contributed by atoms with Crippen molar-refractivity contribution in [3.05, 3.63) is 132 Å². The predicted molar refractivity (Wildman–Crippen MR) is 207 cm³/mol. The van der Waals surface area contributed by atoms with E-state index in [1.165, 1.54) is 7.11 Å². The lowest BCUT2D eigenvalue weighted by atomic mass is 10.1. The predicted octanol–water partition coefficient (Wildman–Crippen LogP) is 5.70. The third-order valence-electron chi connectivity index (χ3n) is 9.63. The average molecular weight is 769 g/mol. The van der Waals surface area contributed by atoms with E-state index in [2.05, 4.69) is 40.5 Å². The van der Waals surface area contributed by atoms with Gasteiger partial charge in [-0.2, -0.15) is 0 Å². The van der Waals surface area contributed by atoms with E-state index in [1.54, 1.807) is 85.1 Å². The summed E-state index contributed by atoms with van der Waals surface area (Å²) in [6.45, 7) is 2.27. The molecule has 0 aliphatic carbocycles. The molecule has 4 heterocycles. The third kappa shape index (κ3) is 8.64. The van der Waals surface area contributed by atoms with Gasteiger partial charge in [0.1, 0.15) is 23.4 Å². The summed E-state index contributed by atoms with van der Waals surface area (Å²) in [5.41, 5.74) is 10.8. The second-order valence-electron chi connectivity index (χ2n) is 13.4. The van der Waals surface area contributed by atoms with E-state index in [4.69, 9.17) is 15.2 Å². The highest BCUT2D eigenvalue weighted by Crippen LogP contribution is 2.35. The second-order valence-corrected chi connectivity index (χ2v) is 13.4. The van der Waals surface area contributed by atoms with E-state index >= 15 is 0 Å². The molecule has 0 radical (unpaired) electrons. The van der Waals surface area contributed by atoms with Gasteiger partial charge in [-0.05, 0) is 30.9 Å². The largest absolute Gasteiger partial charge is 0.453 e. The number of carbonyl (C=O) groups is 4. The van der Waals surface area contributed by atoms with Crippen molar-refractivity contribution < 1.29 is 28.7 Å². The first-order valence-corrected chi connectivity index (χ1v) is 18.2. The summed E-state index contributed by atoms with van der Waals surface area (Å²) in [6, 6.07) is 23.6. The molecule has 4 atom stereocenters. The first-order chi connectivity index (χ1) is 27.7. The number of hydrogen-bond donors (Lipinski definition) is 5. The van der Waals surface area contributed by atoms with Crippen molar-refractivity contribution in [2.24, 2.45) is 5.73 Å². The smallest absolute Gasteiger partial charge is 0.407 e. The molecule has 1 aliphatic rings. The number of amides is 4. The van der Waals surface area contributed by atoms with E-state index in [9.17, 15) is 19.2 Å². The van der Waals surface area contributed by atoms with E-state index in [-0.39, 0.29) is 11.9 Å². The van der Waals surface area contributed by atoms with Crippen molar-refractivity contribution in [2.45, 2.75) is 44.0 Å². The number of nitrogens with one attached hydrogen (secondary N) is 4. The molecule has 6 N–H and O–H groups in total. The minimum absolute atomic E-state index is 0.352. The molecule has 1 fully saturated rings. The van der Waals surface area contributed by atoms with Crippen LogP contribution in [0.2, 0.25) is 0 Å². The van der Waals surface area contributed by atoms with E-state index < -0.39 is 36.3 Å². The minimum Gasteiger partial charge on any atom is -0.453 e. The van der Waals surface area contributed by atoms with Crippen LogP contribution in [0.15, 0.2) is 110 Å². The number of hydrogen-bond acceptors (Lipinski definition) is 10. The number of primary amides is 1. The van der Waals surface area contributed by atoms with Gasteiger partial charge >= 0.3 is 12.2 Å². The molecule has 16 nitrogen and oxygen atoms in total. The number of alkyl carbamates (subject to hydrolysis) is 1. The molecule has 0 spiro atoms. The Balaban J connectivity index is 0.990. The molecule has 6 aromatic rings. The molecule has 3 aromatic carbocycles. The first kappa shape index (κ1) is 37.9. The summed E-state index contributed by atoms with van der Waals surface area (Å²) >= 11 is 0. The fraction of sp³-hybridized carbons (Fsp3) is 0.220. The molecule has 290 valence electrons. The van der Waals surface area contributed by atoms with Gasteiger partial charge in [0.2, 0.25) is 12.0 Å². The zero-order valence-electron chi connectivity index (χ0n) is 31.1. The Morgan fingerprint density at radius 3 is 2.09 bits per heavy atom. The van der Waals surface area contributed by atoms with Crippen molar-refractivity contribution in [1.29, 1.82) is 0 Å². The van der Waals surface area contributed by atoms with Crippen molar-refractivity contribution in [2.75, 3.05) is 13.7 Å². The fourth-order valence-electron chi connectivity index (χ4n) is 6.73. The number of nitrogens with two attached hydrogens (primary N) is 1. The van der Waals surface area contributed by atoms with Gasteiger partial charge < -0.3 is 40.7 Å². The van der Waals surface area contributed by atoms with Crippen LogP contribution >= 0.6 is 0 Å². The lowest BCUT2D eigenvalue weighted by molar-refractivity contribution is -0.141. The van der Waals surface area contributed by atoms with Crippen LogP contribution in [-0.2, 0) is 19.1 Å². The molecular formula is C41H40N10O6. The quantitative estimate of drug-likeness (QED) is 0.102. The van der Waals surface area contributed by atoms with Crippen LogP contribution in [-0.4, -0.2) is 72.5 Å². The minimum atomic E-state index is -1.16. The molecule has 4 amide bonds. The zero-order valence-corrected chi connectivity index (χ0v) is 31.1. The standard InChI is InChI=1S/C41H40N10O6/c1-24(47-38(52)34(50-41(55)56-2)27-10-5-3-6-11-27)36-45-21-30(48-36)26-17-15-25(16-18-26)29-20-44-31(22-43-29)32-23-46-37(49-32)33-14-9-19-51(33)39(53)35(57-40(42)54)28-12-7-4-8-13-28/h3-8,10-13,15-18,20-24,33-35H,9,14,19H2,1-2H3,(H2,42,54)(H,45,48)(H,46,49)(H,47,52)(H,50,55)/t24-,33-,34+,35+/m0/s1. The highest BCUT2D eigenvalue weighted by molar-refractivity contribution is 5.87. The van der Waals surface area contributed by atoms with Crippen LogP contribution in [0.4, 0.5) is 9.59 Å². The number of aromatic nitrogens is 6. The third-order valence-corrected chi connectivity index (χ3v) is 9.63. The number of methoxy groups -OCH3 is 1. The number of H-pyrrole nitrogens is 2. The Bertz CT molecular complexity index is 2330. The molecule has 1 aliphatic heterocycles. The van der Waals surface area contributed by atoms with Crippen LogP contribution in [0.1, 0.15) is 66.8 Å². The maximum Gasteiger partial charge on any atom is 0.407 e. The van der Waals surface area contributed by atoms with Gasteiger partial charge in [0.15, 0.2) is 0 Å². The number of aromatic amines is 2. The molecule has 1 saturated heterocycles. The van der Waals surface area contributed by atoms with Crippen molar-refractivity contribution >= 4 is 24.0 Å². The second kappa shape index (κ2) is 17.0. The SMILES string of the molecule is COC(=O)N[C@@H](C(=O)N[C@@H](C)c1ncc(-c2ccc(-c3cnc(-c4cnc([C@@H]5CCCN5C(=O)[C@H](OC(N)=O)c5ccccc5)[nH]4)cn3)cc2)[nH]1)c1ccccc1. The Morgan fingerprint density at radius 1 is 0.772 bits per heavy atom. The van der Waals surface area contributed by atoms with Crippen LogP contribution in [0.25, 0.3) is 33.9 Å². The molecule has 3 aromatic heterocycles. The van der Waals surface area contributed by atoms with Crippen LogP contribution < -0.4 is 16.4 Å². The molecule has 0 saturated carbocycles. The van der Waals surface area contributed by atoms with Gasteiger partial charge in [0.05, 0.1) is 61.1 Å². The highest BCUT2D eigenvalue weighted by Gasteiger charge is 2.38. The Hall–Kier alpha value is -7.36. The van der Waals surface area contributed by atoms with Crippen molar-refractivity contribution in [3.63, 3.8) is 0 Å². The number of benzene rings is 3. The number of nitrogens with zero attached hydrogens (tertiary/aromatic N) is 5. The maximum atomic E-state index is 13.7. The molecule has 57 heavy (non-hydrogen) atoms. The summed E-state index contributed by atoms with van der Waals surface area (Å²) in [5.74, 6) is 0.343. The van der Waals surface area contributed by atoms with Gasteiger partial charge in [-0.25, -0.2) is 19.6 Å². The fourth-order valence-corrected chi connectivity index (χ4v) is 6.73. The van der Waals surface area contributed by atoms with Gasteiger partial charge in [0, 0.05) is 17.7 Å². The number of imidazole rings is 2. The highest BCUT2D eigenvalue weighted by atomic mass is 16.6. The molecule has 0 unspecified atom stereocenters. The average Bonchev–Trinajstić information content (AvgIpc) is 4.04. The number of carbonyl (C=O) groups excluding carboxylic acids is 4. The molecule has 7 rings (SSSR count). The van der Waals surface area contributed by atoms with E-state index in [0.29, 0.717) is 52.8 Å². The van der Waals surface area contributed by atoms with Gasteiger partial charge in [-0.1, -0.05) is 84.9 Å². The van der Waals surface area contributed by atoms with Crippen molar-refractivity contribution in [3.8, 4) is 33.9 Å². The molecular weight excluding hydrogens is 729 g/mol. The summed E-state index contributed by atoms with van der Waals surface area (Å²) in [4.78, 5) is 77.2. The summed E-state index contributed by atoms with van der Waals surface area (Å²) in [6.07, 6.45) is 5.21. The zero-order chi connectivity index (χ0) is 39.9. The van der Waals surface area contributed by atoms with Gasteiger partial charge in [0.25, 0.3) is 5.91 Å². The molecule has 0 bridgehead atoms. The number of rotatable bonds is 12. The number of likely N-dealkylation sites (tertiary alicyclic amines) is 1. The van der Waals surface area contributed by atoms with Crippen LogP contribution in [0.5, 0.6) is 0 Å². The molecule has 16 heteroatoms. The first-order valence-electron chi connectivity index (χ1n) is 18.2. The van der Waals surface area contributed by atoms with Gasteiger partial charge in [-0.15, -0.1) is 0 Å². The van der Waals surface area contributed by atoms with Crippen molar-refractivity contribution in [1.82, 2.24) is 45.4 Å². The van der Waals surface area contributed by atoms with Crippen LogP contribution in [0, 0.1) is 0 Å². The van der Waals surface area contributed by atoms with Gasteiger partial charge in [-0.3, -0.25) is 19.6 Å². The normalized spacial score (nSPS) is 15.3. The number of ether oxygens (including phenoxy) is 2. The van der Waals surface area contributed by atoms with E-state index in [1.807, 2.05) is 36.4 Å². The Labute approximate surface area is 327 Å². The summed E-state index contributed by atoms with van der Waals surface area (Å²) in [7, 11) is 1.24. The Morgan fingerprint density at radius 2 is 1.42 bits per heavy atom. The lowest BCUT2D eigenvalue weighted by Gasteiger charge is -2.27. The topological polar surface area (TPSA) is 223 Å². The summed E-state index contributed by atoms with van der Waals surface area (Å²) < 4.78 is 9.99. The monoisotopic (exact) mass is 768 g/mol. The maximum absolute atomic E-state index is 13.7. The summed E-state index contributed by atoms with van der Waals surface area (Å²) in [5, 5.41) is 5.50. The van der Waals surface area contributed by atoms with Crippen LogP contribution in [0.3, 0.4) is 0 Å².